The van der Waals surface area contributed by atoms with Crippen LogP contribution >= 0.6 is 0 Å². The second kappa shape index (κ2) is 5.66. The number of nitrogens with zero attached hydrogens (tertiary/aromatic N) is 1. The van der Waals surface area contributed by atoms with E-state index in [2.05, 4.69) is 43.1 Å². The molecule has 0 radical (unpaired) electrons. The first-order valence-corrected chi connectivity index (χ1v) is 6.84. The number of benzene rings is 1. The van der Waals surface area contributed by atoms with E-state index in [9.17, 15) is 4.79 Å². The quantitative estimate of drug-likeness (QED) is 0.743. The van der Waals surface area contributed by atoms with Crippen LogP contribution in [0.2, 0.25) is 0 Å². The van der Waals surface area contributed by atoms with E-state index in [-0.39, 0.29) is 5.41 Å². The molecule has 2 heteroatoms. The highest BCUT2D eigenvalue weighted by Crippen LogP contribution is 2.36. The van der Waals surface area contributed by atoms with Crippen LogP contribution < -0.4 is 0 Å². The Morgan fingerprint density at radius 3 is 2.39 bits per heavy atom. The summed E-state index contributed by atoms with van der Waals surface area (Å²) in [6.07, 6.45) is 5.74. The van der Waals surface area contributed by atoms with Gasteiger partial charge in [-0.05, 0) is 32.4 Å². The molecule has 0 unspecified atom stereocenters. The van der Waals surface area contributed by atoms with Gasteiger partial charge in [-0.1, -0.05) is 42.7 Å². The maximum Gasteiger partial charge on any atom is 0.127 e. The highest BCUT2D eigenvalue weighted by molar-refractivity contribution is 5.60. The molecule has 18 heavy (non-hydrogen) atoms. The van der Waals surface area contributed by atoms with E-state index in [1.807, 2.05) is 0 Å². The Kier molecular flexibility index (Phi) is 4.18. The average Bonchev–Trinajstić information content (AvgIpc) is 2.81. The first-order valence-electron chi connectivity index (χ1n) is 6.84. The molecule has 1 aliphatic carbocycles. The lowest BCUT2D eigenvalue weighted by molar-refractivity contribution is -0.116. The molecule has 0 heterocycles. The molecule has 1 aromatic rings. The Morgan fingerprint density at radius 1 is 1.22 bits per heavy atom. The van der Waals surface area contributed by atoms with E-state index in [1.54, 1.807) is 0 Å². The second-order valence-electron chi connectivity index (χ2n) is 5.85. The van der Waals surface area contributed by atoms with E-state index in [4.69, 9.17) is 0 Å². The number of aldehydes is 1. The number of hydrogen-bond acceptors (Lipinski definition) is 2. The summed E-state index contributed by atoms with van der Waals surface area (Å²) in [5, 5.41) is 0. The van der Waals surface area contributed by atoms with Gasteiger partial charge in [0.25, 0.3) is 0 Å². The second-order valence-corrected chi connectivity index (χ2v) is 5.85. The van der Waals surface area contributed by atoms with Crippen molar-refractivity contribution in [2.45, 2.75) is 39.2 Å². The van der Waals surface area contributed by atoms with Crippen molar-refractivity contribution in [1.82, 2.24) is 4.90 Å². The molecule has 98 valence electrons. The smallest absolute Gasteiger partial charge is 0.127 e. The minimum Gasteiger partial charge on any atom is -0.303 e. The fourth-order valence-corrected chi connectivity index (χ4v) is 2.99. The van der Waals surface area contributed by atoms with Crippen LogP contribution in [-0.2, 0) is 11.3 Å². The van der Waals surface area contributed by atoms with E-state index < -0.39 is 0 Å². The zero-order valence-electron chi connectivity index (χ0n) is 11.5. The van der Waals surface area contributed by atoms with E-state index >= 15 is 0 Å². The normalized spacial score (nSPS) is 18.2. The number of aryl methyl sites for hydroxylation is 1. The SMILES string of the molecule is Cc1ccc(CN(C)CC2(C=O)CCCC2)cc1. The van der Waals surface area contributed by atoms with Crippen molar-refractivity contribution in [3.05, 3.63) is 35.4 Å². The third-order valence-corrected chi connectivity index (χ3v) is 4.01. The molecule has 2 rings (SSSR count). The standard InChI is InChI=1S/C16H23NO/c1-14-5-7-15(8-6-14)11-17(2)12-16(13-18)9-3-4-10-16/h5-8,13H,3-4,9-12H2,1-2H3. The third-order valence-electron chi connectivity index (χ3n) is 4.01. The van der Waals surface area contributed by atoms with Crippen LogP contribution in [0.25, 0.3) is 0 Å². The first-order chi connectivity index (χ1) is 8.63. The topological polar surface area (TPSA) is 20.3 Å². The summed E-state index contributed by atoms with van der Waals surface area (Å²) >= 11 is 0. The summed E-state index contributed by atoms with van der Waals surface area (Å²) in [4.78, 5) is 13.6. The molecule has 1 aliphatic rings. The molecule has 0 saturated heterocycles. The molecule has 1 saturated carbocycles. The van der Waals surface area contributed by atoms with Gasteiger partial charge in [-0.25, -0.2) is 0 Å². The summed E-state index contributed by atoms with van der Waals surface area (Å²) in [6, 6.07) is 8.64. The maximum absolute atomic E-state index is 11.3. The van der Waals surface area contributed by atoms with E-state index in [0.29, 0.717) is 0 Å². The van der Waals surface area contributed by atoms with Gasteiger partial charge >= 0.3 is 0 Å². The fraction of sp³-hybridized carbons (Fsp3) is 0.562. The molecule has 1 fully saturated rings. The lowest BCUT2D eigenvalue weighted by Gasteiger charge is -2.28. The summed E-state index contributed by atoms with van der Waals surface area (Å²) in [7, 11) is 2.11. The van der Waals surface area contributed by atoms with E-state index in [1.165, 1.54) is 30.3 Å². The van der Waals surface area contributed by atoms with Gasteiger partial charge in [0.2, 0.25) is 0 Å². The van der Waals surface area contributed by atoms with Crippen LogP contribution in [0.3, 0.4) is 0 Å². The van der Waals surface area contributed by atoms with Gasteiger partial charge < -0.3 is 9.69 Å². The third kappa shape index (κ3) is 3.20. The summed E-state index contributed by atoms with van der Waals surface area (Å²) in [6.45, 7) is 3.92. The van der Waals surface area contributed by atoms with Gasteiger partial charge in [-0.15, -0.1) is 0 Å². The summed E-state index contributed by atoms with van der Waals surface area (Å²) in [5.74, 6) is 0. The van der Waals surface area contributed by atoms with Crippen molar-refractivity contribution in [3.63, 3.8) is 0 Å². The molecule has 0 aromatic heterocycles. The number of hydrogen-bond donors (Lipinski definition) is 0. The molecule has 0 aliphatic heterocycles. The largest absolute Gasteiger partial charge is 0.303 e. The maximum atomic E-state index is 11.3. The molecule has 2 nitrogen and oxygen atoms in total. The van der Waals surface area contributed by atoms with Crippen LogP contribution in [0, 0.1) is 12.3 Å². The zero-order chi connectivity index (χ0) is 13.0. The van der Waals surface area contributed by atoms with Crippen molar-refractivity contribution < 1.29 is 4.79 Å². The van der Waals surface area contributed by atoms with Crippen LogP contribution in [-0.4, -0.2) is 24.8 Å². The minimum absolute atomic E-state index is 0.0700. The van der Waals surface area contributed by atoms with Crippen LogP contribution in [0.4, 0.5) is 0 Å². The highest BCUT2D eigenvalue weighted by Gasteiger charge is 2.34. The van der Waals surface area contributed by atoms with Crippen LogP contribution in [0.5, 0.6) is 0 Å². The number of carbonyl (C=O) groups excluding carboxylic acids is 1. The van der Waals surface area contributed by atoms with E-state index in [0.717, 1.165) is 25.9 Å². The molecule has 0 amide bonds. The van der Waals surface area contributed by atoms with Gasteiger partial charge in [-0.2, -0.15) is 0 Å². The molecular weight excluding hydrogens is 222 g/mol. The molecule has 0 atom stereocenters. The van der Waals surface area contributed by atoms with Crippen LogP contribution in [0.15, 0.2) is 24.3 Å². The highest BCUT2D eigenvalue weighted by atomic mass is 16.1. The van der Waals surface area contributed by atoms with Crippen molar-refractivity contribution in [3.8, 4) is 0 Å². The number of rotatable bonds is 5. The Labute approximate surface area is 110 Å². The molecule has 0 spiro atoms. The molecule has 0 bridgehead atoms. The number of carbonyl (C=O) groups is 1. The first kappa shape index (κ1) is 13.3. The zero-order valence-corrected chi connectivity index (χ0v) is 11.5. The summed E-state index contributed by atoms with van der Waals surface area (Å²) in [5.41, 5.74) is 2.54. The summed E-state index contributed by atoms with van der Waals surface area (Å²) < 4.78 is 0. The monoisotopic (exact) mass is 245 g/mol. The van der Waals surface area contributed by atoms with Gasteiger partial charge in [0.1, 0.15) is 6.29 Å². The Hall–Kier alpha value is -1.15. The van der Waals surface area contributed by atoms with Crippen LogP contribution in [0.1, 0.15) is 36.8 Å². The lowest BCUT2D eigenvalue weighted by atomic mass is 9.87. The van der Waals surface area contributed by atoms with Crippen molar-refractivity contribution >= 4 is 6.29 Å². The van der Waals surface area contributed by atoms with Gasteiger partial charge in [-0.3, -0.25) is 0 Å². The predicted molar refractivity (Wildman–Crippen MR) is 74.5 cm³/mol. The van der Waals surface area contributed by atoms with Crippen molar-refractivity contribution in [2.75, 3.05) is 13.6 Å². The molecule has 0 N–H and O–H groups in total. The van der Waals surface area contributed by atoms with Gasteiger partial charge in [0.05, 0.1) is 0 Å². The Bertz CT molecular complexity index is 390. The van der Waals surface area contributed by atoms with Gasteiger partial charge in [0, 0.05) is 18.5 Å². The van der Waals surface area contributed by atoms with Crippen molar-refractivity contribution in [2.24, 2.45) is 5.41 Å². The fourth-order valence-electron chi connectivity index (χ4n) is 2.99. The molecule has 1 aromatic carbocycles. The van der Waals surface area contributed by atoms with Gasteiger partial charge in [0.15, 0.2) is 0 Å². The molecular formula is C16H23NO. The predicted octanol–water partition coefficient (Wildman–Crippen LogP) is 3.19. The average molecular weight is 245 g/mol. The lowest BCUT2D eigenvalue weighted by Crippen LogP contribution is -2.34. The minimum atomic E-state index is -0.0700. The van der Waals surface area contributed by atoms with Crippen molar-refractivity contribution in [1.29, 1.82) is 0 Å². The Morgan fingerprint density at radius 2 is 1.83 bits per heavy atom. The Balaban J connectivity index is 1.93.